The molecule has 5 nitrogen and oxygen atoms in total. The molecule has 1 atom stereocenters. The van der Waals surface area contributed by atoms with Gasteiger partial charge in [0, 0.05) is 0 Å². The van der Waals surface area contributed by atoms with Crippen LogP contribution in [0.15, 0.2) is 0 Å². The van der Waals surface area contributed by atoms with Crippen molar-refractivity contribution in [2.75, 3.05) is 33.9 Å². The van der Waals surface area contributed by atoms with Gasteiger partial charge in [0.2, 0.25) is 0 Å². The molecule has 5 heteroatoms. The van der Waals surface area contributed by atoms with Crippen LogP contribution in [0.2, 0.25) is 0 Å². The molecular formula is C12H23NO4. The van der Waals surface area contributed by atoms with E-state index in [2.05, 4.69) is 0 Å². The third-order valence-corrected chi connectivity index (χ3v) is 2.26. The van der Waals surface area contributed by atoms with Crippen LogP contribution in [0.3, 0.4) is 0 Å². The lowest BCUT2D eigenvalue weighted by atomic mass is 10.0. The van der Waals surface area contributed by atoms with Gasteiger partial charge in [-0.3, -0.25) is 9.59 Å². The van der Waals surface area contributed by atoms with Crippen molar-refractivity contribution in [2.45, 2.75) is 26.7 Å². The number of ether oxygens (including phenoxy) is 2. The Morgan fingerprint density at radius 1 is 1.12 bits per heavy atom. The van der Waals surface area contributed by atoms with Crippen molar-refractivity contribution in [3.05, 3.63) is 0 Å². The summed E-state index contributed by atoms with van der Waals surface area (Å²) in [5.41, 5.74) is 0. The van der Waals surface area contributed by atoms with Crippen LogP contribution in [-0.2, 0) is 19.1 Å². The normalized spacial score (nSPS) is 12.3. The highest BCUT2D eigenvalue weighted by atomic mass is 16.5. The Morgan fingerprint density at radius 3 is 2.18 bits per heavy atom. The molecule has 0 rings (SSSR count). The molecule has 17 heavy (non-hydrogen) atoms. The molecule has 0 heterocycles. The van der Waals surface area contributed by atoms with E-state index in [9.17, 15) is 9.59 Å². The van der Waals surface area contributed by atoms with Crippen LogP contribution in [0, 0.1) is 5.92 Å². The number of rotatable bonds is 8. The number of carbonyl (C=O) groups is 2. The summed E-state index contributed by atoms with van der Waals surface area (Å²) < 4.78 is 9.80. The standard InChI is InChI=1S/C12H23NO4/c1-5-16-11(14)9-10(7-8-13(3)4)12(15)17-6-2/h10H,5-9H2,1-4H3/t10-/m1/s1. The fraction of sp³-hybridized carbons (Fsp3) is 0.833. The van der Waals surface area contributed by atoms with Gasteiger partial charge in [-0.1, -0.05) is 0 Å². The molecule has 0 aromatic rings. The summed E-state index contributed by atoms with van der Waals surface area (Å²) in [6, 6.07) is 0. The first-order valence-electron chi connectivity index (χ1n) is 5.98. The van der Waals surface area contributed by atoms with E-state index in [-0.39, 0.29) is 18.4 Å². The van der Waals surface area contributed by atoms with Gasteiger partial charge < -0.3 is 14.4 Å². The third-order valence-electron chi connectivity index (χ3n) is 2.26. The number of nitrogens with zero attached hydrogens (tertiary/aromatic N) is 1. The van der Waals surface area contributed by atoms with E-state index in [0.717, 1.165) is 6.54 Å². The summed E-state index contributed by atoms with van der Waals surface area (Å²) in [5, 5.41) is 0. The number of carbonyl (C=O) groups excluding carboxylic acids is 2. The van der Waals surface area contributed by atoms with Gasteiger partial charge in [-0.2, -0.15) is 0 Å². The summed E-state index contributed by atoms with van der Waals surface area (Å²) in [7, 11) is 3.85. The molecule has 0 fully saturated rings. The summed E-state index contributed by atoms with van der Waals surface area (Å²) in [6.45, 7) is 4.91. The average molecular weight is 245 g/mol. The van der Waals surface area contributed by atoms with E-state index in [0.29, 0.717) is 19.6 Å². The lowest BCUT2D eigenvalue weighted by Gasteiger charge is -2.17. The number of esters is 2. The molecule has 0 saturated carbocycles. The Morgan fingerprint density at radius 2 is 1.71 bits per heavy atom. The topological polar surface area (TPSA) is 55.8 Å². The number of hydrogen-bond donors (Lipinski definition) is 0. The zero-order valence-corrected chi connectivity index (χ0v) is 11.2. The highest BCUT2D eigenvalue weighted by Gasteiger charge is 2.23. The van der Waals surface area contributed by atoms with E-state index in [1.165, 1.54) is 0 Å². The Balaban J connectivity index is 4.28. The van der Waals surface area contributed by atoms with E-state index in [1.54, 1.807) is 13.8 Å². The lowest BCUT2D eigenvalue weighted by molar-refractivity contribution is -0.155. The van der Waals surface area contributed by atoms with Crippen molar-refractivity contribution >= 4 is 11.9 Å². The van der Waals surface area contributed by atoms with Crippen LogP contribution in [0.5, 0.6) is 0 Å². The first kappa shape index (κ1) is 15.9. The quantitative estimate of drug-likeness (QED) is 0.599. The molecule has 0 N–H and O–H groups in total. The van der Waals surface area contributed by atoms with Crippen molar-refractivity contribution < 1.29 is 19.1 Å². The smallest absolute Gasteiger partial charge is 0.309 e. The fourth-order valence-corrected chi connectivity index (χ4v) is 1.40. The van der Waals surface area contributed by atoms with Gasteiger partial charge in [-0.15, -0.1) is 0 Å². The summed E-state index contributed by atoms with van der Waals surface area (Å²) >= 11 is 0. The molecule has 0 aliphatic carbocycles. The van der Waals surface area contributed by atoms with Gasteiger partial charge in [0.05, 0.1) is 25.6 Å². The predicted molar refractivity (Wildman–Crippen MR) is 64.5 cm³/mol. The summed E-state index contributed by atoms with van der Waals surface area (Å²) in [6.07, 6.45) is 0.700. The van der Waals surface area contributed by atoms with Gasteiger partial charge in [0.15, 0.2) is 0 Å². The molecule has 0 bridgehead atoms. The summed E-state index contributed by atoms with van der Waals surface area (Å²) in [4.78, 5) is 25.0. The predicted octanol–water partition coefficient (Wildman–Crippen LogP) is 1.07. The lowest BCUT2D eigenvalue weighted by Crippen LogP contribution is -2.26. The molecule has 0 saturated heterocycles. The van der Waals surface area contributed by atoms with E-state index >= 15 is 0 Å². The second kappa shape index (κ2) is 8.98. The Bertz CT molecular complexity index is 241. The minimum absolute atomic E-state index is 0.0977. The molecule has 0 aliphatic heterocycles. The second-order valence-corrected chi connectivity index (χ2v) is 4.05. The van der Waals surface area contributed by atoms with E-state index in [1.807, 2.05) is 19.0 Å². The molecule has 0 unspecified atom stereocenters. The Labute approximate surface area is 103 Å². The Kier molecular flexibility index (Phi) is 8.40. The first-order valence-corrected chi connectivity index (χ1v) is 5.98. The maximum atomic E-state index is 11.6. The van der Waals surface area contributed by atoms with Crippen molar-refractivity contribution in [1.82, 2.24) is 4.90 Å². The molecule has 0 spiro atoms. The number of hydrogen-bond acceptors (Lipinski definition) is 5. The van der Waals surface area contributed by atoms with Crippen LogP contribution in [0.25, 0.3) is 0 Å². The minimum atomic E-state index is -0.406. The molecule has 0 amide bonds. The molecule has 0 aromatic heterocycles. The molecule has 100 valence electrons. The van der Waals surface area contributed by atoms with Gasteiger partial charge in [0.1, 0.15) is 0 Å². The minimum Gasteiger partial charge on any atom is -0.466 e. The average Bonchev–Trinajstić information content (AvgIpc) is 2.24. The Hall–Kier alpha value is -1.10. The first-order chi connectivity index (χ1) is 8.01. The third kappa shape index (κ3) is 7.74. The molecule has 0 aromatic carbocycles. The van der Waals surface area contributed by atoms with Gasteiger partial charge in [-0.05, 0) is 40.9 Å². The van der Waals surface area contributed by atoms with Crippen LogP contribution in [-0.4, -0.2) is 50.7 Å². The van der Waals surface area contributed by atoms with Gasteiger partial charge in [-0.25, -0.2) is 0 Å². The van der Waals surface area contributed by atoms with E-state index in [4.69, 9.17) is 9.47 Å². The maximum Gasteiger partial charge on any atom is 0.309 e. The largest absolute Gasteiger partial charge is 0.466 e. The second-order valence-electron chi connectivity index (χ2n) is 4.05. The molecule has 0 radical (unpaired) electrons. The van der Waals surface area contributed by atoms with Gasteiger partial charge in [0.25, 0.3) is 0 Å². The van der Waals surface area contributed by atoms with Crippen LogP contribution in [0.1, 0.15) is 26.7 Å². The van der Waals surface area contributed by atoms with Crippen molar-refractivity contribution in [3.8, 4) is 0 Å². The van der Waals surface area contributed by atoms with Crippen LogP contribution in [0.4, 0.5) is 0 Å². The van der Waals surface area contributed by atoms with E-state index < -0.39 is 5.92 Å². The molecular weight excluding hydrogens is 222 g/mol. The van der Waals surface area contributed by atoms with Crippen LogP contribution < -0.4 is 0 Å². The van der Waals surface area contributed by atoms with Crippen molar-refractivity contribution in [2.24, 2.45) is 5.92 Å². The zero-order chi connectivity index (χ0) is 13.3. The highest BCUT2D eigenvalue weighted by Crippen LogP contribution is 2.12. The molecule has 0 aliphatic rings. The maximum absolute atomic E-state index is 11.6. The highest BCUT2D eigenvalue weighted by molar-refractivity contribution is 5.79. The van der Waals surface area contributed by atoms with Crippen molar-refractivity contribution in [1.29, 1.82) is 0 Å². The fourth-order valence-electron chi connectivity index (χ4n) is 1.40. The van der Waals surface area contributed by atoms with Crippen molar-refractivity contribution in [3.63, 3.8) is 0 Å². The zero-order valence-electron chi connectivity index (χ0n) is 11.2. The SMILES string of the molecule is CCOC(=O)C[C@@H](CCN(C)C)C(=O)OCC. The summed E-state index contributed by atoms with van der Waals surface area (Å²) in [5.74, 6) is -1.07. The monoisotopic (exact) mass is 245 g/mol. The van der Waals surface area contributed by atoms with Gasteiger partial charge >= 0.3 is 11.9 Å². The van der Waals surface area contributed by atoms with Crippen LogP contribution >= 0.6 is 0 Å².